The van der Waals surface area contributed by atoms with Crippen LogP contribution in [-0.2, 0) is 9.84 Å². The van der Waals surface area contributed by atoms with E-state index in [1.807, 2.05) is 0 Å². The number of nitrogens with zero attached hydrogens (tertiary/aromatic N) is 1. The Morgan fingerprint density at radius 2 is 2.00 bits per heavy atom. The normalized spacial score (nSPS) is 17.9. The highest BCUT2D eigenvalue weighted by Crippen LogP contribution is 2.26. The summed E-state index contributed by atoms with van der Waals surface area (Å²) in [6.07, 6.45) is 1.25. The molecule has 0 aliphatic carbocycles. The van der Waals surface area contributed by atoms with Crippen molar-refractivity contribution in [2.75, 3.05) is 0 Å². The van der Waals surface area contributed by atoms with Gasteiger partial charge in [-0.1, -0.05) is 23.7 Å². The zero-order valence-electron chi connectivity index (χ0n) is 8.34. The topological polar surface area (TPSA) is 55.7 Å². The number of halogens is 1. The molecule has 16 heavy (non-hydrogen) atoms. The van der Waals surface area contributed by atoms with Gasteiger partial charge in [0.05, 0.1) is 9.93 Å². The van der Waals surface area contributed by atoms with Gasteiger partial charge in [-0.15, -0.1) is 0 Å². The van der Waals surface area contributed by atoms with Crippen LogP contribution in [0.2, 0.25) is 5.02 Å². The van der Waals surface area contributed by atoms with Gasteiger partial charge in [-0.25, -0.2) is 13.4 Å². The molecule has 0 bridgehead atoms. The molecule has 0 saturated heterocycles. The summed E-state index contributed by atoms with van der Waals surface area (Å²) in [5, 5.41) is 0.00283. The van der Waals surface area contributed by atoms with E-state index >= 15 is 0 Å². The highest BCUT2D eigenvalue weighted by molar-refractivity contribution is 8.09. The van der Waals surface area contributed by atoms with E-state index in [2.05, 4.69) is 4.99 Å². The maximum absolute atomic E-state index is 11.6. The Kier molecular flexibility index (Phi) is 2.73. The highest BCUT2D eigenvalue weighted by Gasteiger charge is 2.29. The van der Waals surface area contributed by atoms with Crippen molar-refractivity contribution in [1.29, 1.82) is 0 Å². The molecule has 0 unspecified atom stereocenters. The van der Waals surface area contributed by atoms with Crippen molar-refractivity contribution in [3.8, 4) is 5.75 Å². The summed E-state index contributed by atoms with van der Waals surface area (Å²) in [5.74, 6) is 0.273. The minimum Gasteiger partial charge on any atom is -0.428 e. The molecule has 0 fully saturated rings. The van der Waals surface area contributed by atoms with Gasteiger partial charge in [-0.3, -0.25) is 0 Å². The SMILES string of the molecule is CC1=CN=C(Oc2ccccc2Cl)S1(=O)=O. The Balaban J connectivity index is 2.30. The molecule has 1 heterocycles. The second kappa shape index (κ2) is 3.92. The zero-order chi connectivity index (χ0) is 11.8. The smallest absolute Gasteiger partial charge is 0.320 e. The monoisotopic (exact) mass is 257 g/mol. The first kappa shape index (κ1) is 11.2. The van der Waals surface area contributed by atoms with Crippen LogP contribution in [0.15, 0.2) is 40.4 Å². The van der Waals surface area contributed by atoms with Crippen LogP contribution in [0.1, 0.15) is 6.92 Å². The molecule has 1 aromatic rings. The predicted molar refractivity (Wildman–Crippen MR) is 62.2 cm³/mol. The average molecular weight is 258 g/mol. The van der Waals surface area contributed by atoms with Crippen LogP contribution in [0.3, 0.4) is 0 Å². The minimum absolute atomic E-state index is 0.162. The largest absolute Gasteiger partial charge is 0.428 e. The van der Waals surface area contributed by atoms with E-state index in [9.17, 15) is 8.42 Å². The molecule has 0 atom stereocenters. The fourth-order valence-corrected chi connectivity index (χ4v) is 2.16. The third-order valence-corrected chi connectivity index (χ3v) is 3.95. The summed E-state index contributed by atoms with van der Waals surface area (Å²) < 4.78 is 28.5. The summed E-state index contributed by atoms with van der Waals surface area (Å²) in [5.41, 5.74) is 0. The number of allylic oxidation sites excluding steroid dienone is 1. The lowest BCUT2D eigenvalue weighted by Crippen LogP contribution is -2.18. The lowest BCUT2D eigenvalue weighted by Gasteiger charge is -2.06. The maximum Gasteiger partial charge on any atom is 0.320 e. The number of para-hydroxylation sites is 1. The third kappa shape index (κ3) is 1.83. The molecule has 84 valence electrons. The minimum atomic E-state index is -3.55. The molecule has 0 amide bonds. The standard InChI is InChI=1S/C10H8ClNO3S/c1-7-6-12-10(16(7,13)14)15-9-5-3-2-4-8(9)11/h2-6H,1H3. The Bertz CT molecular complexity index is 590. The Labute approximate surface area is 98.1 Å². The summed E-state index contributed by atoms with van der Waals surface area (Å²) in [7, 11) is -3.55. The number of hydrogen-bond acceptors (Lipinski definition) is 4. The first-order chi connectivity index (χ1) is 7.51. The molecule has 1 aliphatic heterocycles. The zero-order valence-corrected chi connectivity index (χ0v) is 9.92. The average Bonchev–Trinajstić information content (AvgIpc) is 2.48. The fourth-order valence-electron chi connectivity index (χ4n) is 1.12. The van der Waals surface area contributed by atoms with Crippen LogP contribution in [0.4, 0.5) is 0 Å². The summed E-state index contributed by atoms with van der Waals surface area (Å²) in [4.78, 5) is 3.85. The lowest BCUT2D eigenvalue weighted by molar-refractivity contribution is 0.550. The molecular formula is C10H8ClNO3S. The van der Waals surface area contributed by atoms with E-state index in [1.54, 1.807) is 24.3 Å². The second-order valence-corrected chi connectivity index (χ2v) is 5.58. The molecule has 1 aliphatic rings. The van der Waals surface area contributed by atoms with Crippen molar-refractivity contribution < 1.29 is 13.2 Å². The van der Waals surface area contributed by atoms with E-state index in [0.717, 1.165) is 0 Å². The lowest BCUT2D eigenvalue weighted by atomic mass is 10.3. The van der Waals surface area contributed by atoms with Crippen LogP contribution in [-0.4, -0.2) is 13.6 Å². The molecule has 0 spiro atoms. The number of sulfone groups is 1. The fraction of sp³-hybridized carbons (Fsp3) is 0.100. The van der Waals surface area contributed by atoms with E-state index < -0.39 is 9.84 Å². The van der Waals surface area contributed by atoms with Gasteiger partial charge >= 0.3 is 5.23 Å². The second-order valence-electron chi connectivity index (χ2n) is 3.17. The van der Waals surface area contributed by atoms with Crippen molar-refractivity contribution >= 4 is 26.7 Å². The van der Waals surface area contributed by atoms with E-state index in [-0.39, 0.29) is 15.9 Å². The number of ether oxygens (including phenoxy) is 1. The van der Waals surface area contributed by atoms with Crippen molar-refractivity contribution in [2.45, 2.75) is 6.92 Å². The quantitative estimate of drug-likeness (QED) is 0.776. The molecular weight excluding hydrogens is 250 g/mol. The summed E-state index contributed by atoms with van der Waals surface area (Å²) >= 11 is 5.84. The van der Waals surface area contributed by atoms with Crippen LogP contribution in [0.25, 0.3) is 0 Å². The van der Waals surface area contributed by atoms with E-state index in [1.165, 1.54) is 13.1 Å². The molecule has 2 rings (SSSR count). The van der Waals surface area contributed by atoms with Gasteiger partial charge in [-0.2, -0.15) is 0 Å². The highest BCUT2D eigenvalue weighted by atomic mass is 35.5. The summed E-state index contributed by atoms with van der Waals surface area (Å²) in [6.45, 7) is 1.46. The van der Waals surface area contributed by atoms with Gasteiger partial charge in [0.15, 0.2) is 0 Å². The molecule has 0 N–H and O–H groups in total. The van der Waals surface area contributed by atoms with Crippen molar-refractivity contribution in [3.63, 3.8) is 0 Å². The van der Waals surface area contributed by atoms with Gasteiger partial charge in [0, 0.05) is 6.20 Å². The molecule has 0 aromatic heterocycles. The van der Waals surface area contributed by atoms with Gasteiger partial charge in [-0.05, 0) is 19.1 Å². The van der Waals surface area contributed by atoms with Crippen molar-refractivity contribution in [1.82, 2.24) is 0 Å². The van der Waals surface area contributed by atoms with E-state index in [0.29, 0.717) is 5.02 Å². The molecule has 0 saturated carbocycles. The van der Waals surface area contributed by atoms with Gasteiger partial charge in [0.2, 0.25) is 0 Å². The first-order valence-electron chi connectivity index (χ1n) is 4.44. The molecule has 0 radical (unpaired) electrons. The predicted octanol–water partition coefficient (Wildman–Crippen LogP) is 2.36. The number of aliphatic imine (C=N–C) groups is 1. The van der Waals surface area contributed by atoms with E-state index in [4.69, 9.17) is 16.3 Å². The van der Waals surface area contributed by atoms with Crippen molar-refractivity contribution in [3.05, 3.63) is 40.4 Å². The Hall–Kier alpha value is -1.33. The van der Waals surface area contributed by atoms with Gasteiger partial charge < -0.3 is 4.74 Å². The third-order valence-electron chi connectivity index (χ3n) is 2.04. The molecule has 4 nitrogen and oxygen atoms in total. The molecule has 6 heteroatoms. The van der Waals surface area contributed by atoms with Gasteiger partial charge in [0.25, 0.3) is 9.84 Å². The number of hydrogen-bond donors (Lipinski definition) is 0. The van der Waals surface area contributed by atoms with Crippen LogP contribution >= 0.6 is 11.6 Å². The van der Waals surface area contributed by atoms with Crippen LogP contribution < -0.4 is 4.74 Å². The Morgan fingerprint density at radius 3 is 2.56 bits per heavy atom. The number of benzene rings is 1. The first-order valence-corrected chi connectivity index (χ1v) is 6.30. The summed E-state index contributed by atoms with van der Waals surface area (Å²) in [6, 6.07) is 6.61. The number of rotatable bonds is 1. The Morgan fingerprint density at radius 1 is 1.31 bits per heavy atom. The van der Waals surface area contributed by atoms with Crippen LogP contribution in [0.5, 0.6) is 5.75 Å². The van der Waals surface area contributed by atoms with Crippen LogP contribution in [0, 0.1) is 0 Å². The maximum atomic E-state index is 11.6. The van der Waals surface area contributed by atoms with Gasteiger partial charge in [0.1, 0.15) is 5.75 Å². The van der Waals surface area contributed by atoms with Crippen molar-refractivity contribution in [2.24, 2.45) is 4.99 Å². The molecule has 1 aromatic carbocycles.